The van der Waals surface area contributed by atoms with Gasteiger partial charge in [0.05, 0.1) is 46.2 Å². The quantitative estimate of drug-likeness (QED) is 0.381. The average molecular weight is 463 g/mol. The molecule has 176 valence electrons. The lowest BCUT2D eigenvalue weighted by Gasteiger charge is -2.04. The zero-order valence-electron chi connectivity index (χ0n) is 18.9. The van der Waals surface area contributed by atoms with Gasteiger partial charge in [-0.1, -0.05) is 34.7 Å². The van der Waals surface area contributed by atoms with Crippen LogP contribution in [0.4, 0.5) is 4.79 Å². The molecule has 0 unspecified atom stereocenters. The molecule has 0 aliphatic heterocycles. The number of amides is 1. The van der Waals surface area contributed by atoms with Crippen molar-refractivity contribution in [3.05, 3.63) is 83.4 Å². The summed E-state index contributed by atoms with van der Waals surface area (Å²) in [5.41, 5.74) is 3.25. The van der Waals surface area contributed by atoms with Crippen molar-refractivity contribution < 1.29 is 19.0 Å². The molecule has 0 spiro atoms. The fourth-order valence-corrected chi connectivity index (χ4v) is 3.21. The predicted octanol–water partition coefficient (Wildman–Crippen LogP) is 2.41. The summed E-state index contributed by atoms with van der Waals surface area (Å²) in [6.45, 7) is 1.30. The predicted molar refractivity (Wildman–Crippen MR) is 121 cm³/mol. The van der Waals surface area contributed by atoms with Gasteiger partial charge in [-0.2, -0.15) is 0 Å². The highest BCUT2D eigenvalue weighted by Gasteiger charge is 2.09. The van der Waals surface area contributed by atoms with Crippen LogP contribution in [0, 0.1) is 0 Å². The van der Waals surface area contributed by atoms with Crippen LogP contribution in [0.1, 0.15) is 22.5 Å². The molecular formula is C23H25N7O4. The molecule has 1 N–H and O–H groups in total. The number of alkyl carbamates (subject to hydrolysis) is 1. The number of carbonyl (C=O) groups excluding carboxylic acids is 1. The van der Waals surface area contributed by atoms with Gasteiger partial charge in [-0.15, -0.1) is 10.2 Å². The Bertz CT molecular complexity index is 1220. The minimum Gasteiger partial charge on any atom is -0.497 e. The number of nitrogens with one attached hydrogen (secondary N) is 1. The molecule has 34 heavy (non-hydrogen) atoms. The standard InChI is InChI=1S/C23H25N7O4/c1-32-21-8-6-17(7-9-21)12-29-14-19(25-27-29)11-24-23(31)34-16-20-15-30(28-26-20)13-18-4-3-5-22(10-18)33-2/h3-10,14-15H,11-13,16H2,1-2H3,(H,24,31). The lowest BCUT2D eigenvalue weighted by Crippen LogP contribution is -2.23. The molecule has 0 aliphatic carbocycles. The van der Waals surface area contributed by atoms with E-state index in [9.17, 15) is 4.79 Å². The molecule has 0 bridgehead atoms. The summed E-state index contributed by atoms with van der Waals surface area (Å²) >= 11 is 0. The second kappa shape index (κ2) is 10.9. The fraction of sp³-hybridized carbons (Fsp3) is 0.261. The summed E-state index contributed by atoms with van der Waals surface area (Å²) in [5, 5.41) is 18.9. The van der Waals surface area contributed by atoms with Crippen LogP contribution in [0.15, 0.2) is 60.9 Å². The molecule has 2 aromatic carbocycles. The Labute approximate surface area is 196 Å². The van der Waals surface area contributed by atoms with Gasteiger partial charge in [0.1, 0.15) is 29.5 Å². The van der Waals surface area contributed by atoms with E-state index >= 15 is 0 Å². The first-order valence-electron chi connectivity index (χ1n) is 10.6. The van der Waals surface area contributed by atoms with Gasteiger partial charge in [0.25, 0.3) is 0 Å². The third kappa shape index (κ3) is 6.31. The van der Waals surface area contributed by atoms with Crippen LogP contribution in [-0.2, 0) is 31.0 Å². The molecule has 0 fully saturated rings. The first-order chi connectivity index (χ1) is 16.6. The Balaban J connectivity index is 1.20. The Morgan fingerprint density at radius 2 is 1.53 bits per heavy atom. The molecule has 4 rings (SSSR count). The van der Waals surface area contributed by atoms with E-state index in [2.05, 4.69) is 25.9 Å². The van der Waals surface area contributed by atoms with Gasteiger partial charge in [-0.05, 0) is 35.4 Å². The molecule has 1 amide bonds. The van der Waals surface area contributed by atoms with Crippen molar-refractivity contribution >= 4 is 6.09 Å². The average Bonchev–Trinajstić information content (AvgIpc) is 3.51. The lowest BCUT2D eigenvalue weighted by atomic mass is 10.2. The molecule has 0 saturated carbocycles. The van der Waals surface area contributed by atoms with E-state index in [1.807, 2.05) is 48.5 Å². The monoisotopic (exact) mass is 463 g/mol. The maximum Gasteiger partial charge on any atom is 0.407 e. The number of nitrogens with zero attached hydrogens (tertiary/aromatic N) is 6. The van der Waals surface area contributed by atoms with Crippen molar-refractivity contribution in [3.8, 4) is 11.5 Å². The fourth-order valence-electron chi connectivity index (χ4n) is 3.21. The Kier molecular flexibility index (Phi) is 7.33. The van der Waals surface area contributed by atoms with Crippen LogP contribution in [0.2, 0.25) is 0 Å². The highest BCUT2D eigenvalue weighted by atomic mass is 16.5. The number of benzene rings is 2. The number of methoxy groups -OCH3 is 2. The maximum absolute atomic E-state index is 12.0. The summed E-state index contributed by atoms with van der Waals surface area (Å²) in [7, 11) is 3.25. The van der Waals surface area contributed by atoms with Crippen LogP contribution < -0.4 is 14.8 Å². The van der Waals surface area contributed by atoms with E-state index in [1.165, 1.54) is 0 Å². The van der Waals surface area contributed by atoms with Gasteiger partial charge >= 0.3 is 6.09 Å². The SMILES string of the molecule is COc1ccc(Cn2cc(CNC(=O)OCc3cn(Cc4cccc(OC)c4)nn3)nn2)cc1. The summed E-state index contributed by atoms with van der Waals surface area (Å²) in [4.78, 5) is 12.0. The molecular weight excluding hydrogens is 438 g/mol. The van der Waals surface area contributed by atoms with Crippen molar-refractivity contribution in [3.63, 3.8) is 0 Å². The van der Waals surface area contributed by atoms with Gasteiger partial charge in [-0.3, -0.25) is 0 Å². The number of aromatic nitrogens is 6. The Morgan fingerprint density at radius 1 is 0.853 bits per heavy atom. The van der Waals surface area contributed by atoms with Crippen LogP contribution in [-0.4, -0.2) is 50.3 Å². The van der Waals surface area contributed by atoms with E-state index in [0.717, 1.165) is 22.6 Å². The zero-order valence-corrected chi connectivity index (χ0v) is 18.9. The largest absolute Gasteiger partial charge is 0.497 e. The summed E-state index contributed by atoms with van der Waals surface area (Å²) < 4.78 is 19.0. The van der Waals surface area contributed by atoms with Crippen molar-refractivity contribution in [2.24, 2.45) is 0 Å². The molecule has 0 atom stereocenters. The molecule has 2 heterocycles. The topological polar surface area (TPSA) is 118 Å². The summed E-state index contributed by atoms with van der Waals surface area (Å²) in [6.07, 6.45) is 2.93. The molecule has 0 radical (unpaired) electrons. The third-order valence-corrected chi connectivity index (χ3v) is 4.92. The summed E-state index contributed by atoms with van der Waals surface area (Å²) in [5.74, 6) is 1.57. The number of hydrogen-bond donors (Lipinski definition) is 1. The van der Waals surface area contributed by atoms with Gasteiger partial charge < -0.3 is 19.5 Å². The minimum absolute atomic E-state index is 0.00804. The number of carbonyl (C=O) groups is 1. The van der Waals surface area contributed by atoms with Crippen molar-refractivity contribution in [2.45, 2.75) is 26.2 Å². The van der Waals surface area contributed by atoms with Crippen molar-refractivity contribution in [1.29, 1.82) is 0 Å². The van der Waals surface area contributed by atoms with Crippen LogP contribution in [0.5, 0.6) is 11.5 Å². The highest BCUT2D eigenvalue weighted by Crippen LogP contribution is 2.14. The van der Waals surface area contributed by atoms with Crippen molar-refractivity contribution in [2.75, 3.05) is 14.2 Å². The second-order valence-corrected chi connectivity index (χ2v) is 7.44. The molecule has 2 aromatic heterocycles. The first-order valence-corrected chi connectivity index (χ1v) is 10.6. The normalized spacial score (nSPS) is 10.6. The number of ether oxygens (including phenoxy) is 3. The van der Waals surface area contributed by atoms with E-state index in [-0.39, 0.29) is 13.2 Å². The van der Waals surface area contributed by atoms with Crippen LogP contribution >= 0.6 is 0 Å². The van der Waals surface area contributed by atoms with Crippen LogP contribution in [0.25, 0.3) is 0 Å². The Hall–Kier alpha value is -4.41. The molecule has 11 heteroatoms. The number of hydrogen-bond acceptors (Lipinski definition) is 8. The van der Waals surface area contributed by atoms with E-state index < -0.39 is 6.09 Å². The van der Waals surface area contributed by atoms with Crippen molar-refractivity contribution in [1.82, 2.24) is 35.3 Å². The second-order valence-electron chi connectivity index (χ2n) is 7.44. The van der Waals surface area contributed by atoms with Gasteiger partial charge in [0.2, 0.25) is 0 Å². The van der Waals surface area contributed by atoms with Gasteiger partial charge in [-0.25, -0.2) is 14.2 Å². The molecule has 0 saturated heterocycles. The van der Waals surface area contributed by atoms with E-state index in [0.29, 0.717) is 24.5 Å². The maximum atomic E-state index is 12.0. The Morgan fingerprint density at radius 3 is 2.26 bits per heavy atom. The molecule has 11 nitrogen and oxygen atoms in total. The van der Waals surface area contributed by atoms with Crippen LogP contribution in [0.3, 0.4) is 0 Å². The molecule has 4 aromatic rings. The smallest absolute Gasteiger partial charge is 0.407 e. The lowest BCUT2D eigenvalue weighted by molar-refractivity contribution is 0.137. The van der Waals surface area contributed by atoms with E-state index in [1.54, 1.807) is 36.0 Å². The summed E-state index contributed by atoms with van der Waals surface area (Å²) in [6, 6.07) is 15.4. The molecule has 0 aliphatic rings. The van der Waals surface area contributed by atoms with Gasteiger partial charge in [0.15, 0.2) is 0 Å². The van der Waals surface area contributed by atoms with E-state index in [4.69, 9.17) is 14.2 Å². The third-order valence-electron chi connectivity index (χ3n) is 4.92. The number of rotatable bonds is 10. The zero-order chi connectivity index (χ0) is 23.8. The minimum atomic E-state index is -0.577. The highest BCUT2D eigenvalue weighted by molar-refractivity contribution is 5.67. The first kappa shape index (κ1) is 22.8. The van der Waals surface area contributed by atoms with Gasteiger partial charge in [0, 0.05) is 0 Å².